The van der Waals surface area contributed by atoms with Crippen molar-refractivity contribution in [3.8, 4) is 0 Å². The van der Waals surface area contributed by atoms with Crippen molar-refractivity contribution in [1.29, 1.82) is 0 Å². The zero-order chi connectivity index (χ0) is 12.2. The minimum atomic E-state index is -0.428. The number of rotatable bonds is 6. The third-order valence-electron chi connectivity index (χ3n) is 3.46. The molecule has 94 valence electrons. The summed E-state index contributed by atoms with van der Waals surface area (Å²) in [5.41, 5.74) is -0.428. The van der Waals surface area contributed by atoms with E-state index < -0.39 is 5.60 Å². The largest absolute Gasteiger partial charge is 0.367 e. The summed E-state index contributed by atoms with van der Waals surface area (Å²) >= 11 is 0. The maximum Gasteiger partial charge on any atom is 0.167 e. The molecule has 0 amide bonds. The Hall–Kier alpha value is -0.370. The van der Waals surface area contributed by atoms with Gasteiger partial charge in [0.15, 0.2) is 5.78 Å². The van der Waals surface area contributed by atoms with E-state index in [1.807, 2.05) is 13.8 Å². The van der Waals surface area contributed by atoms with Gasteiger partial charge in [-0.1, -0.05) is 27.7 Å². The molecule has 0 aromatic heterocycles. The summed E-state index contributed by atoms with van der Waals surface area (Å²) in [6.07, 6.45) is 5.19. The minimum absolute atomic E-state index is 0.0946. The van der Waals surface area contributed by atoms with Crippen LogP contribution in [0.5, 0.6) is 0 Å². The van der Waals surface area contributed by atoms with Gasteiger partial charge in [0.1, 0.15) is 5.60 Å². The van der Waals surface area contributed by atoms with E-state index in [-0.39, 0.29) is 5.92 Å². The van der Waals surface area contributed by atoms with Crippen LogP contribution in [0.1, 0.15) is 59.8 Å². The van der Waals surface area contributed by atoms with Crippen LogP contribution in [0.2, 0.25) is 0 Å². The number of hydrogen-bond acceptors (Lipinski definition) is 2. The van der Waals surface area contributed by atoms with E-state index in [2.05, 4.69) is 13.8 Å². The van der Waals surface area contributed by atoms with Crippen LogP contribution in [0.25, 0.3) is 0 Å². The van der Waals surface area contributed by atoms with E-state index >= 15 is 0 Å². The summed E-state index contributed by atoms with van der Waals surface area (Å²) in [4.78, 5) is 12.2. The van der Waals surface area contributed by atoms with Gasteiger partial charge in [-0.15, -0.1) is 0 Å². The first kappa shape index (κ1) is 13.7. The highest BCUT2D eigenvalue weighted by atomic mass is 16.5. The van der Waals surface area contributed by atoms with Crippen LogP contribution in [0.15, 0.2) is 0 Å². The molecule has 2 nitrogen and oxygen atoms in total. The van der Waals surface area contributed by atoms with Crippen LogP contribution in [-0.2, 0) is 9.53 Å². The van der Waals surface area contributed by atoms with E-state index in [1.54, 1.807) is 0 Å². The lowest BCUT2D eigenvalue weighted by atomic mass is 9.89. The van der Waals surface area contributed by atoms with Crippen molar-refractivity contribution in [1.82, 2.24) is 0 Å². The second kappa shape index (κ2) is 5.81. The van der Waals surface area contributed by atoms with Gasteiger partial charge in [0.05, 0.1) is 0 Å². The second-order valence-electron chi connectivity index (χ2n) is 5.75. The first-order valence-corrected chi connectivity index (χ1v) is 6.66. The normalized spacial score (nSPS) is 19.6. The third kappa shape index (κ3) is 3.31. The van der Waals surface area contributed by atoms with Crippen molar-refractivity contribution in [2.45, 2.75) is 65.4 Å². The Balaban J connectivity index is 2.55. The predicted molar refractivity (Wildman–Crippen MR) is 66.5 cm³/mol. The monoisotopic (exact) mass is 226 g/mol. The Bertz CT molecular complexity index is 225. The molecule has 0 bridgehead atoms. The molecule has 0 heterocycles. The lowest BCUT2D eigenvalue weighted by Crippen LogP contribution is -2.42. The summed E-state index contributed by atoms with van der Waals surface area (Å²) < 4.78 is 5.97. The lowest BCUT2D eigenvalue weighted by molar-refractivity contribution is -0.148. The molecule has 1 aliphatic carbocycles. The average molecular weight is 226 g/mol. The highest BCUT2D eigenvalue weighted by molar-refractivity contribution is 5.89. The highest BCUT2D eigenvalue weighted by Crippen LogP contribution is 2.36. The third-order valence-corrected chi connectivity index (χ3v) is 3.46. The zero-order valence-corrected chi connectivity index (χ0v) is 11.2. The Morgan fingerprint density at radius 1 is 1.19 bits per heavy atom. The molecule has 0 N–H and O–H groups in total. The average Bonchev–Trinajstić information content (AvgIpc) is 2.65. The van der Waals surface area contributed by atoms with E-state index in [9.17, 15) is 4.79 Å². The summed E-state index contributed by atoms with van der Waals surface area (Å²) in [5, 5.41) is 0. The smallest absolute Gasteiger partial charge is 0.167 e. The molecule has 0 aromatic carbocycles. The van der Waals surface area contributed by atoms with Crippen LogP contribution in [0.4, 0.5) is 0 Å². The van der Waals surface area contributed by atoms with Gasteiger partial charge >= 0.3 is 0 Å². The molecule has 0 aliphatic heterocycles. The Labute approximate surface area is 99.8 Å². The lowest BCUT2D eigenvalue weighted by Gasteiger charge is -2.30. The number of ether oxygens (including phenoxy) is 1. The quantitative estimate of drug-likeness (QED) is 0.692. The summed E-state index contributed by atoms with van der Waals surface area (Å²) in [6, 6.07) is 0. The fraction of sp³-hybridized carbons (Fsp3) is 0.929. The van der Waals surface area contributed by atoms with Crippen molar-refractivity contribution in [3.63, 3.8) is 0 Å². The van der Waals surface area contributed by atoms with Crippen LogP contribution in [0, 0.1) is 11.8 Å². The number of Topliss-reactive ketones (excluding diaryl/α,β-unsaturated/α-hetero) is 1. The first-order valence-electron chi connectivity index (χ1n) is 6.66. The molecular formula is C14H26O2. The van der Waals surface area contributed by atoms with Crippen molar-refractivity contribution < 1.29 is 9.53 Å². The fourth-order valence-corrected chi connectivity index (χ4v) is 2.42. The van der Waals surface area contributed by atoms with Gasteiger partial charge in [-0.05, 0) is 38.0 Å². The SMILES string of the molecule is CC(C)CCOC1(C(=O)C(C)C)CCCC1. The van der Waals surface area contributed by atoms with E-state index in [4.69, 9.17) is 4.74 Å². The zero-order valence-electron chi connectivity index (χ0n) is 11.2. The summed E-state index contributed by atoms with van der Waals surface area (Å²) in [5.74, 6) is 1.05. The van der Waals surface area contributed by atoms with Crippen LogP contribution < -0.4 is 0 Å². The second-order valence-corrected chi connectivity index (χ2v) is 5.75. The van der Waals surface area contributed by atoms with Crippen molar-refractivity contribution >= 4 is 5.78 Å². The number of carbonyl (C=O) groups excluding carboxylic acids is 1. The molecule has 1 saturated carbocycles. The summed E-state index contributed by atoms with van der Waals surface area (Å²) in [7, 11) is 0. The molecule has 16 heavy (non-hydrogen) atoms. The molecule has 0 radical (unpaired) electrons. The van der Waals surface area contributed by atoms with Gasteiger partial charge in [-0.2, -0.15) is 0 Å². The molecule has 0 spiro atoms. The summed E-state index contributed by atoms with van der Waals surface area (Å²) in [6.45, 7) is 9.07. The molecule has 0 aromatic rings. The minimum Gasteiger partial charge on any atom is -0.367 e. The van der Waals surface area contributed by atoms with Gasteiger partial charge in [0, 0.05) is 12.5 Å². The van der Waals surface area contributed by atoms with Gasteiger partial charge in [-0.25, -0.2) is 0 Å². The van der Waals surface area contributed by atoms with Crippen molar-refractivity contribution in [2.24, 2.45) is 11.8 Å². The molecule has 1 aliphatic rings. The number of carbonyl (C=O) groups is 1. The Morgan fingerprint density at radius 3 is 2.19 bits per heavy atom. The number of hydrogen-bond donors (Lipinski definition) is 0. The van der Waals surface area contributed by atoms with Crippen LogP contribution >= 0.6 is 0 Å². The van der Waals surface area contributed by atoms with Gasteiger partial charge in [-0.3, -0.25) is 4.79 Å². The highest BCUT2D eigenvalue weighted by Gasteiger charge is 2.42. The maximum atomic E-state index is 12.2. The Morgan fingerprint density at radius 2 is 1.75 bits per heavy atom. The van der Waals surface area contributed by atoms with Gasteiger partial charge < -0.3 is 4.74 Å². The molecule has 2 heteroatoms. The molecule has 0 unspecified atom stereocenters. The maximum absolute atomic E-state index is 12.2. The fourth-order valence-electron chi connectivity index (χ4n) is 2.42. The van der Waals surface area contributed by atoms with Crippen LogP contribution in [-0.4, -0.2) is 18.0 Å². The van der Waals surface area contributed by atoms with E-state index in [0.717, 1.165) is 38.7 Å². The molecular weight excluding hydrogens is 200 g/mol. The molecule has 1 fully saturated rings. The van der Waals surface area contributed by atoms with Crippen molar-refractivity contribution in [3.05, 3.63) is 0 Å². The molecule has 0 saturated heterocycles. The van der Waals surface area contributed by atoms with E-state index in [1.165, 1.54) is 0 Å². The van der Waals surface area contributed by atoms with Crippen molar-refractivity contribution in [2.75, 3.05) is 6.61 Å². The van der Waals surface area contributed by atoms with Crippen LogP contribution in [0.3, 0.4) is 0 Å². The Kier molecular flexibility index (Phi) is 4.97. The molecule has 0 atom stereocenters. The van der Waals surface area contributed by atoms with Gasteiger partial charge in [0.25, 0.3) is 0 Å². The van der Waals surface area contributed by atoms with E-state index in [0.29, 0.717) is 11.7 Å². The number of ketones is 1. The predicted octanol–water partition coefficient (Wildman–Crippen LogP) is 3.59. The topological polar surface area (TPSA) is 26.3 Å². The molecule has 1 rings (SSSR count). The van der Waals surface area contributed by atoms with Gasteiger partial charge in [0.2, 0.25) is 0 Å². The standard InChI is InChI=1S/C14H26O2/c1-11(2)7-10-16-14(8-5-6-9-14)13(15)12(3)4/h11-12H,5-10H2,1-4H3. The first-order chi connectivity index (χ1) is 7.48.